The molecule has 0 bridgehead atoms. The van der Waals surface area contributed by atoms with Crippen LogP contribution in [0.4, 0.5) is 0 Å². The maximum Gasteiger partial charge on any atom is 0.259 e. The molecule has 2 atom stereocenters. The summed E-state index contributed by atoms with van der Waals surface area (Å²) in [5.74, 6) is 0. The summed E-state index contributed by atoms with van der Waals surface area (Å²) in [4.78, 5) is 19.8. The molecule has 3 heterocycles. The van der Waals surface area contributed by atoms with Crippen molar-refractivity contribution >= 4 is 16.3 Å². The highest BCUT2D eigenvalue weighted by molar-refractivity contribution is 7.15. The number of nitrogens with two attached hydrogens (primary N) is 1. The summed E-state index contributed by atoms with van der Waals surface area (Å²) in [6.07, 6.45) is 0.0487. The zero-order valence-corrected chi connectivity index (χ0v) is 13.1. The lowest BCUT2D eigenvalue weighted by molar-refractivity contribution is -0.0406. The number of hydrogen-bond donors (Lipinski definition) is 1. The first-order valence-corrected chi connectivity index (χ1v) is 7.99. The molecule has 1 aliphatic heterocycles. The lowest BCUT2D eigenvalue weighted by Crippen LogP contribution is -2.49. The number of ether oxygens (including phenoxy) is 1. The highest BCUT2D eigenvalue weighted by Gasteiger charge is 2.23. The highest BCUT2D eigenvalue weighted by atomic mass is 32.1. The lowest BCUT2D eigenvalue weighted by atomic mass is 10.1. The van der Waals surface area contributed by atoms with E-state index in [4.69, 9.17) is 10.5 Å². The Kier molecular flexibility index (Phi) is 4.08. The van der Waals surface area contributed by atoms with E-state index in [-0.39, 0.29) is 17.7 Å². The van der Waals surface area contributed by atoms with E-state index in [1.807, 2.05) is 19.2 Å². The van der Waals surface area contributed by atoms with Gasteiger partial charge in [-0.25, -0.2) is 4.98 Å². The van der Waals surface area contributed by atoms with Gasteiger partial charge in [-0.2, -0.15) is 0 Å². The molecule has 3 rings (SSSR count). The number of fused-ring (bicyclic) bond motifs is 1. The van der Waals surface area contributed by atoms with Gasteiger partial charge in [-0.1, -0.05) is 0 Å². The van der Waals surface area contributed by atoms with E-state index >= 15 is 0 Å². The summed E-state index contributed by atoms with van der Waals surface area (Å²) in [6.45, 7) is 6.83. The first-order chi connectivity index (χ1) is 10.0. The van der Waals surface area contributed by atoms with Crippen molar-refractivity contribution in [3.63, 3.8) is 0 Å². The van der Waals surface area contributed by atoms with Gasteiger partial charge in [-0.05, 0) is 13.8 Å². The van der Waals surface area contributed by atoms with Crippen LogP contribution in [0.3, 0.4) is 0 Å². The molecular weight excluding hydrogens is 288 g/mol. The number of morpholine rings is 1. The van der Waals surface area contributed by atoms with Gasteiger partial charge in [-0.3, -0.25) is 14.1 Å². The third-order valence-corrected chi connectivity index (χ3v) is 4.72. The molecule has 7 heteroatoms. The molecule has 2 aromatic heterocycles. The number of aromatic nitrogens is 2. The summed E-state index contributed by atoms with van der Waals surface area (Å²) in [5, 5.41) is 1.95. The number of rotatable bonds is 3. The molecule has 0 amide bonds. The molecule has 6 nitrogen and oxygen atoms in total. The number of aryl methyl sites for hydroxylation is 1. The van der Waals surface area contributed by atoms with Crippen LogP contribution in [-0.4, -0.2) is 46.1 Å². The smallest absolute Gasteiger partial charge is 0.259 e. The minimum atomic E-state index is -0.00856. The van der Waals surface area contributed by atoms with Crippen molar-refractivity contribution in [1.82, 2.24) is 14.3 Å². The van der Waals surface area contributed by atoms with E-state index in [0.717, 1.165) is 29.4 Å². The summed E-state index contributed by atoms with van der Waals surface area (Å²) >= 11 is 1.50. The molecule has 2 aromatic rings. The third-order valence-electron chi connectivity index (χ3n) is 3.78. The summed E-state index contributed by atoms with van der Waals surface area (Å²) in [5.41, 5.74) is 7.64. The van der Waals surface area contributed by atoms with Gasteiger partial charge in [0.15, 0.2) is 4.96 Å². The zero-order valence-electron chi connectivity index (χ0n) is 12.3. The van der Waals surface area contributed by atoms with Gasteiger partial charge in [-0.15, -0.1) is 11.3 Å². The van der Waals surface area contributed by atoms with Crippen molar-refractivity contribution < 1.29 is 4.74 Å². The van der Waals surface area contributed by atoms with Crippen LogP contribution in [0, 0.1) is 6.92 Å². The van der Waals surface area contributed by atoms with Gasteiger partial charge in [0.1, 0.15) is 0 Å². The van der Waals surface area contributed by atoms with Crippen LogP contribution in [0.15, 0.2) is 16.2 Å². The third kappa shape index (κ3) is 3.01. The van der Waals surface area contributed by atoms with Gasteiger partial charge >= 0.3 is 0 Å². The quantitative estimate of drug-likeness (QED) is 0.899. The predicted octanol–water partition coefficient (Wildman–Crippen LogP) is 0.612. The van der Waals surface area contributed by atoms with Crippen molar-refractivity contribution in [3.05, 3.63) is 33.2 Å². The molecule has 2 N–H and O–H groups in total. The second-order valence-electron chi connectivity index (χ2n) is 5.58. The molecule has 21 heavy (non-hydrogen) atoms. The molecule has 1 aliphatic rings. The van der Waals surface area contributed by atoms with Crippen LogP contribution < -0.4 is 11.3 Å². The molecule has 0 radical (unpaired) electrons. The lowest BCUT2D eigenvalue weighted by Gasteiger charge is -2.34. The Labute approximate surface area is 127 Å². The Morgan fingerprint density at radius 3 is 3.19 bits per heavy atom. The summed E-state index contributed by atoms with van der Waals surface area (Å²) in [6, 6.07) is 1.64. The topological polar surface area (TPSA) is 72.9 Å². The van der Waals surface area contributed by atoms with Crippen molar-refractivity contribution in [2.45, 2.75) is 32.5 Å². The van der Waals surface area contributed by atoms with E-state index in [0.29, 0.717) is 13.2 Å². The van der Waals surface area contributed by atoms with Crippen LogP contribution in [0.2, 0.25) is 0 Å². The Hall–Kier alpha value is -1.28. The second kappa shape index (κ2) is 5.84. The van der Waals surface area contributed by atoms with E-state index in [9.17, 15) is 4.79 Å². The van der Waals surface area contributed by atoms with Crippen molar-refractivity contribution in [3.8, 4) is 0 Å². The Morgan fingerprint density at radius 2 is 2.43 bits per heavy atom. The molecule has 1 fully saturated rings. The Balaban J connectivity index is 1.80. The highest BCUT2D eigenvalue weighted by Crippen LogP contribution is 2.14. The molecule has 1 saturated heterocycles. The standard InChI is InChI=1S/C14H20N4O2S/c1-9-8-21-14-16-11(5-13(19)18(9)14)6-17-3-4-20-12(7-17)10(2)15/h5,8,10,12H,3-4,6-7,15H2,1-2H3. The summed E-state index contributed by atoms with van der Waals surface area (Å²) in [7, 11) is 0. The van der Waals surface area contributed by atoms with E-state index in [2.05, 4.69) is 9.88 Å². The van der Waals surface area contributed by atoms with E-state index in [1.54, 1.807) is 10.5 Å². The fourth-order valence-electron chi connectivity index (χ4n) is 2.60. The molecule has 0 spiro atoms. The van der Waals surface area contributed by atoms with Crippen LogP contribution >= 0.6 is 11.3 Å². The van der Waals surface area contributed by atoms with Crippen LogP contribution in [0.5, 0.6) is 0 Å². The molecule has 0 aromatic carbocycles. The largest absolute Gasteiger partial charge is 0.374 e. The zero-order chi connectivity index (χ0) is 15.0. The van der Waals surface area contributed by atoms with Gasteiger partial charge in [0.05, 0.1) is 18.4 Å². The molecular formula is C14H20N4O2S. The maximum atomic E-state index is 12.2. The molecule has 114 valence electrons. The number of thiazole rings is 1. The average molecular weight is 308 g/mol. The first kappa shape index (κ1) is 14.6. The fourth-order valence-corrected chi connectivity index (χ4v) is 3.50. The van der Waals surface area contributed by atoms with Crippen molar-refractivity contribution in [2.75, 3.05) is 19.7 Å². The SMILES string of the molecule is Cc1csc2nc(CN3CCOC(C(C)N)C3)cc(=O)n12. The average Bonchev–Trinajstić information content (AvgIpc) is 2.81. The monoisotopic (exact) mass is 308 g/mol. The minimum absolute atomic E-state index is 0.00816. The number of hydrogen-bond acceptors (Lipinski definition) is 6. The Bertz CT molecular complexity index is 694. The van der Waals surface area contributed by atoms with E-state index in [1.165, 1.54) is 11.3 Å². The van der Waals surface area contributed by atoms with Gasteiger partial charge in [0.25, 0.3) is 5.56 Å². The summed E-state index contributed by atoms with van der Waals surface area (Å²) < 4.78 is 7.30. The first-order valence-electron chi connectivity index (χ1n) is 7.11. The van der Waals surface area contributed by atoms with Crippen molar-refractivity contribution in [1.29, 1.82) is 0 Å². The molecule has 0 saturated carbocycles. The van der Waals surface area contributed by atoms with Crippen LogP contribution in [0.1, 0.15) is 18.3 Å². The molecule has 0 aliphatic carbocycles. The van der Waals surface area contributed by atoms with Crippen LogP contribution in [0.25, 0.3) is 4.96 Å². The molecule has 2 unspecified atom stereocenters. The van der Waals surface area contributed by atoms with Gasteiger partial charge < -0.3 is 10.5 Å². The number of nitrogens with zero attached hydrogens (tertiary/aromatic N) is 3. The van der Waals surface area contributed by atoms with Crippen molar-refractivity contribution in [2.24, 2.45) is 5.73 Å². The van der Waals surface area contributed by atoms with E-state index < -0.39 is 0 Å². The second-order valence-corrected chi connectivity index (χ2v) is 6.42. The fraction of sp³-hybridized carbons (Fsp3) is 0.571. The van der Waals surface area contributed by atoms with Gasteiger partial charge in [0, 0.05) is 42.8 Å². The Morgan fingerprint density at radius 1 is 1.62 bits per heavy atom. The minimum Gasteiger partial charge on any atom is -0.374 e. The normalized spacial score (nSPS) is 21.8. The van der Waals surface area contributed by atoms with Crippen LogP contribution in [-0.2, 0) is 11.3 Å². The van der Waals surface area contributed by atoms with Gasteiger partial charge in [0.2, 0.25) is 0 Å². The maximum absolute atomic E-state index is 12.2. The predicted molar refractivity (Wildman–Crippen MR) is 82.7 cm³/mol.